The minimum atomic E-state index is -0.914. The van der Waals surface area contributed by atoms with Gasteiger partial charge in [-0.15, -0.1) is 0 Å². The Morgan fingerprint density at radius 3 is 2.48 bits per heavy atom. The molecule has 4 aromatic rings. The third-order valence-corrected chi connectivity index (χ3v) is 10.9. The van der Waals surface area contributed by atoms with E-state index in [9.17, 15) is 14.7 Å². The van der Waals surface area contributed by atoms with Gasteiger partial charge in [0, 0.05) is 54.4 Å². The molecule has 2 heterocycles. The number of rotatable bonds is 14. The van der Waals surface area contributed by atoms with E-state index in [0.29, 0.717) is 76.2 Å². The number of amides is 1. The monoisotopic (exact) mass is 748 g/mol. The molecule has 0 unspecified atom stereocenters. The third kappa shape index (κ3) is 7.15. The van der Waals surface area contributed by atoms with Crippen molar-refractivity contribution in [2.45, 2.75) is 69.3 Å². The molecule has 2 atom stereocenters. The maximum atomic E-state index is 15.6. The van der Waals surface area contributed by atoms with Crippen LogP contribution in [0.5, 0.6) is 17.5 Å². The Hall–Kier alpha value is -4.42. The van der Waals surface area contributed by atoms with Crippen LogP contribution in [0.2, 0.25) is 10.0 Å². The van der Waals surface area contributed by atoms with Crippen LogP contribution in [0.25, 0.3) is 22.3 Å². The van der Waals surface area contributed by atoms with E-state index in [1.54, 1.807) is 12.1 Å². The number of ether oxygens (including phenoxy) is 3. The number of nitrogens with one attached hydrogen (secondary N) is 3. The van der Waals surface area contributed by atoms with Crippen LogP contribution < -0.4 is 30.2 Å². The van der Waals surface area contributed by atoms with Gasteiger partial charge in [-0.25, -0.2) is 4.39 Å². The van der Waals surface area contributed by atoms with Crippen LogP contribution in [-0.4, -0.2) is 54.3 Å². The Balaban J connectivity index is 1.11. The number of methoxy groups -OCH3 is 2. The third-order valence-electron chi connectivity index (χ3n) is 10.2. The van der Waals surface area contributed by atoms with Crippen LogP contribution >= 0.6 is 23.2 Å². The zero-order chi connectivity index (χ0) is 36.6. The maximum absolute atomic E-state index is 15.6. The quantitative estimate of drug-likeness (QED) is 0.108. The summed E-state index contributed by atoms with van der Waals surface area (Å²) < 4.78 is 33.2. The second-order valence-electron chi connectivity index (χ2n) is 13.4. The van der Waals surface area contributed by atoms with Crippen LogP contribution in [-0.2, 0) is 29.1 Å². The van der Waals surface area contributed by atoms with Crippen LogP contribution in [0.1, 0.15) is 60.5 Å². The number of benzene rings is 3. The molecule has 0 bridgehead atoms. The van der Waals surface area contributed by atoms with Crippen molar-refractivity contribution in [2.24, 2.45) is 0 Å². The molecule has 52 heavy (non-hydrogen) atoms. The summed E-state index contributed by atoms with van der Waals surface area (Å²) >= 11 is 13.8. The predicted octanol–water partition coefficient (Wildman–Crippen LogP) is 7.02. The molecule has 0 radical (unpaired) electrons. The van der Waals surface area contributed by atoms with Crippen LogP contribution in [0.3, 0.4) is 0 Å². The highest BCUT2D eigenvalue weighted by atomic mass is 35.5. The van der Waals surface area contributed by atoms with Crippen molar-refractivity contribution in [3.8, 4) is 39.8 Å². The molecule has 3 aliphatic rings. The van der Waals surface area contributed by atoms with Gasteiger partial charge in [-0.3, -0.25) is 14.9 Å². The number of hydrogen-bond donors (Lipinski definition) is 4. The van der Waals surface area contributed by atoms with E-state index in [1.807, 2.05) is 36.4 Å². The van der Waals surface area contributed by atoms with Crippen molar-refractivity contribution in [2.75, 3.05) is 20.8 Å². The van der Waals surface area contributed by atoms with Gasteiger partial charge in [0.2, 0.25) is 17.7 Å². The van der Waals surface area contributed by atoms with Gasteiger partial charge in [-0.05, 0) is 72.6 Å². The van der Waals surface area contributed by atoms with E-state index in [1.165, 1.54) is 20.3 Å². The SMILES string of the molecule is COc1cc(-c2cccc(-c3cccc4c3CC[C@@H]4Oc3nc(OC)c(CNC4(C(=O)O)CC4)cc3Cl)c2Cl)cc(F)c1CNC[C@@H]1CCC(=O)N1. The fraction of sp³-hybridized carbons (Fsp3) is 0.359. The molecular formula is C39H39Cl2FN4O6. The molecule has 272 valence electrons. The van der Waals surface area contributed by atoms with Crippen molar-refractivity contribution >= 4 is 35.1 Å². The topological polar surface area (TPSA) is 131 Å². The number of halogens is 3. The molecule has 13 heteroatoms. The summed E-state index contributed by atoms with van der Waals surface area (Å²) in [7, 11) is 3.01. The number of fused-ring (bicyclic) bond motifs is 1. The molecule has 1 aromatic heterocycles. The van der Waals surface area contributed by atoms with Gasteiger partial charge in [0.05, 0.1) is 19.2 Å². The van der Waals surface area contributed by atoms with Crippen LogP contribution in [0.15, 0.2) is 54.6 Å². The number of carboxylic acid groups (broad SMARTS) is 1. The van der Waals surface area contributed by atoms with Crippen LogP contribution in [0, 0.1) is 5.82 Å². The van der Waals surface area contributed by atoms with Gasteiger partial charge in [-0.1, -0.05) is 59.6 Å². The van der Waals surface area contributed by atoms with Crippen LogP contribution in [0.4, 0.5) is 4.39 Å². The van der Waals surface area contributed by atoms with Gasteiger partial charge >= 0.3 is 5.97 Å². The molecule has 1 aliphatic heterocycles. The first-order valence-electron chi connectivity index (χ1n) is 17.3. The molecule has 0 spiro atoms. The fourth-order valence-corrected chi connectivity index (χ4v) is 7.70. The first-order valence-corrected chi connectivity index (χ1v) is 18.0. The van der Waals surface area contributed by atoms with Gasteiger partial charge in [-0.2, -0.15) is 4.98 Å². The number of nitrogens with zero attached hydrogens (tertiary/aromatic N) is 1. The van der Waals surface area contributed by atoms with Crippen molar-refractivity contribution < 1.29 is 33.3 Å². The van der Waals surface area contributed by atoms with Crippen molar-refractivity contribution in [1.29, 1.82) is 0 Å². The second kappa shape index (κ2) is 14.9. The first-order chi connectivity index (χ1) is 25.1. The Morgan fingerprint density at radius 1 is 1.00 bits per heavy atom. The molecule has 7 rings (SSSR count). The van der Waals surface area contributed by atoms with Gasteiger partial charge < -0.3 is 30.0 Å². The van der Waals surface area contributed by atoms with Gasteiger partial charge in [0.25, 0.3) is 0 Å². The highest BCUT2D eigenvalue weighted by Crippen LogP contribution is 2.45. The maximum Gasteiger partial charge on any atom is 0.323 e. The molecule has 4 N–H and O–H groups in total. The smallest absolute Gasteiger partial charge is 0.323 e. The minimum absolute atomic E-state index is 0.0314. The molecular weight excluding hydrogens is 710 g/mol. The Kier molecular flexibility index (Phi) is 10.3. The molecule has 2 aliphatic carbocycles. The number of carbonyl (C=O) groups excluding carboxylic acids is 1. The first kappa shape index (κ1) is 36.0. The standard InChI is InChI=1S/C39H39Cl2FN4O6/c1-50-33-17-21(16-31(42)29(33)20-43-19-23-9-12-34(47)45-23)24-5-3-8-28(35(24)41)25-6-4-7-27-26(25)10-11-32(27)52-37-30(40)15-22(36(46-37)51-2)18-44-39(13-14-39)38(48)49/h3-8,15-17,23,32,43-44H,9-14,18-20H2,1-2H3,(H,45,47)(H,48,49)/t23-,32-/m0/s1. The summed E-state index contributed by atoms with van der Waals surface area (Å²) in [4.78, 5) is 27.7. The number of hydrogen-bond acceptors (Lipinski definition) is 8. The highest BCUT2D eigenvalue weighted by molar-refractivity contribution is 6.36. The minimum Gasteiger partial charge on any atom is -0.496 e. The average molecular weight is 750 g/mol. The molecule has 10 nitrogen and oxygen atoms in total. The largest absolute Gasteiger partial charge is 0.496 e. The summed E-state index contributed by atoms with van der Waals surface area (Å²) in [5.41, 5.74) is 5.21. The lowest BCUT2D eigenvalue weighted by Crippen LogP contribution is -2.38. The molecule has 2 fully saturated rings. The number of carboxylic acids is 1. The van der Waals surface area contributed by atoms with E-state index >= 15 is 4.39 Å². The summed E-state index contributed by atoms with van der Waals surface area (Å²) in [6.07, 6.45) is 3.46. The zero-order valence-electron chi connectivity index (χ0n) is 28.8. The Bertz CT molecular complexity index is 2040. The Morgan fingerprint density at radius 2 is 1.77 bits per heavy atom. The lowest BCUT2D eigenvalue weighted by Gasteiger charge is -2.19. The number of carbonyl (C=O) groups is 2. The average Bonchev–Trinajstić information content (AvgIpc) is 3.66. The Labute approximate surface area is 311 Å². The van der Waals surface area contributed by atoms with Crippen molar-refractivity contribution in [3.05, 3.63) is 92.7 Å². The van der Waals surface area contributed by atoms with E-state index in [-0.39, 0.29) is 37.0 Å². The number of aromatic nitrogens is 1. The molecule has 1 saturated heterocycles. The normalized spacial score (nSPS) is 18.5. The summed E-state index contributed by atoms with van der Waals surface area (Å²) in [6.45, 7) is 1.02. The molecule has 1 amide bonds. The van der Waals surface area contributed by atoms with E-state index < -0.39 is 17.3 Å². The second-order valence-corrected chi connectivity index (χ2v) is 14.2. The van der Waals surface area contributed by atoms with E-state index in [4.69, 9.17) is 37.4 Å². The number of pyridine rings is 1. The highest BCUT2D eigenvalue weighted by Gasteiger charge is 2.50. The van der Waals surface area contributed by atoms with Crippen molar-refractivity contribution in [3.63, 3.8) is 0 Å². The zero-order valence-corrected chi connectivity index (χ0v) is 30.3. The summed E-state index contributed by atoms with van der Waals surface area (Å²) in [5, 5.41) is 19.6. The summed E-state index contributed by atoms with van der Waals surface area (Å²) in [5.74, 6) is -0.321. The van der Waals surface area contributed by atoms with Gasteiger partial charge in [0.1, 0.15) is 28.2 Å². The van der Waals surface area contributed by atoms with Crippen molar-refractivity contribution in [1.82, 2.24) is 20.9 Å². The molecule has 3 aromatic carbocycles. The lowest BCUT2D eigenvalue weighted by molar-refractivity contribution is -0.140. The van der Waals surface area contributed by atoms with Gasteiger partial charge in [0.15, 0.2) is 0 Å². The lowest BCUT2D eigenvalue weighted by atomic mass is 9.93. The fourth-order valence-electron chi connectivity index (χ4n) is 7.15. The number of aliphatic carboxylic acids is 1. The summed E-state index contributed by atoms with van der Waals surface area (Å²) in [6, 6.07) is 16.7. The predicted molar refractivity (Wildman–Crippen MR) is 196 cm³/mol. The van der Waals surface area contributed by atoms with E-state index in [0.717, 1.165) is 35.1 Å². The van der Waals surface area contributed by atoms with E-state index in [2.05, 4.69) is 20.9 Å². The molecule has 1 saturated carbocycles.